The SMILES string of the molecule is Cc1cc(C(=O)Nc2nc3c(s2)C(=O)CCC3)no1. The first-order chi connectivity index (χ1) is 9.13. The molecule has 0 spiro atoms. The number of nitrogens with zero attached hydrogens (tertiary/aromatic N) is 2. The average Bonchev–Trinajstić information content (AvgIpc) is 2.96. The van der Waals surface area contributed by atoms with Crippen LogP contribution in [0.25, 0.3) is 0 Å². The van der Waals surface area contributed by atoms with Gasteiger partial charge < -0.3 is 4.52 Å². The molecule has 7 heteroatoms. The average molecular weight is 277 g/mol. The molecule has 0 radical (unpaired) electrons. The van der Waals surface area contributed by atoms with Gasteiger partial charge in [0.15, 0.2) is 16.6 Å². The predicted molar refractivity (Wildman–Crippen MR) is 68.6 cm³/mol. The fraction of sp³-hybridized carbons (Fsp3) is 0.333. The molecule has 0 fully saturated rings. The van der Waals surface area contributed by atoms with Gasteiger partial charge in [-0.3, -0.25) is 14.9 Å². The normalized spacial score (nSPS) is 14.3. The first-order valence-electron chi connectivity index (χ1n) is 5.91. The van der Waals surface area contributed by atoms with Crippen LogP contribution in [-0.4, -0.2) is 21.8 Å². The van der Waals surface area contributed by atoms with E-state index in [9.17, 15) is 9.59 Å². The minimum atomic E-state index is -0.379. The molecule has 0 aromatic carbocycles. The van der Waals surface area contributed by atoms with Crippen molar-refractivity contribution in [2.75, 3.05) is 5.32 Å². The monoisotopic (exact) mass is 277 g/mol. The summed E-state index contributed by atoms with van der Waals surface area (Å²) in [6.45, 7) is 1.71. The van der Waals surface area contributed by atoms with Crippen LogP contribution in [0.4, 0.5) is 5.13 Å². The second-order valence-electron chi connectivity index (χ2n) is 4.35. The van der Waals surface area contributed by atoms with E-state index in [2.05, 4.69) is 15.5 Å². The molecular weight excluding hydrogens is 266 g/mol. The molecule has 0 aliphatic heterocycles. The van der Waals surface area contributed by atoms with Gasteiger partial charge in [-0.25, -0.2) is 4.98 Å². The Morgan fingerprint density at radius 1 is 1.47 bits per heavy atom. The highest BCUT2D eigenvalue weighted by Crippen LogP contribution is 2.29. The number of rotatable bonds is 2. The van der Waals surface area contributed by atoms with Crippen LogP contribution in [0.1, 0.15) is 44.5 Å². The number of aromatic nitrogens is 2. The molecule has 1 aliphatic carbocycles. The summed E-state index contributed by atoms with van der Waals surface area (Å²) in [5.74, 6) is 0.297. The van der Waals surface area contributed by atoms with Crippen LogP contribution >= 0.6 is 11.3 Å². The lowest BCUT2D eigenvalue weighted by Gasteiger charge is -2.05. The van der Waals surface area contributed by atoms with Crippen molar-refractivity contribution in [3.8, 4) is 0 Å². The number of carbonyl (C=O) groups excluding carboxylic acids is 2. The van der Waals surface area contributed by atoms with Crippen molar-refractivity contribution in [1.29, 1.82) is 0 Å². The Morgan fingerprint density at radius 3 is 3.00 bits per heavy atom. The molecule has 2 aromatic heterocycles. The van der Waals surface area contributed by atoms with Gasteiger partial charge in [0.2, 0.25) is 0 Å². The molecule has 0 atom stereocenters. The minimum Gasteiger partial charge on any atom is -0.361 e. The highest BCUT2D eigenvalue weighted by atomic mass is 32.1. The lowest BCUT2D eigenvalue weighted by molar-refractivity contribution is 0.0974. The fourth-order valence-corrected chi connectivity index (χ4v) is 2.93. The van der Waals surface area contributed by atoms with E-state index in [0.29, 0.717) is 22.2 Å². The van der Waals surface area contributed by atoms with E-state index in [1.807, 2.05) is 0 Å². The third kappa shape index (κ3) is 2.28. The Labute approximate surface area is 112 Å². The Morgan fingerprint density at radius 2 is 2.32 bits per heavy atom. The molecule has 2 heterocycles. The lowest BCUT2D eigenvalue weighted by atomic mass is 10.0. The first kappa shape index (κ1) is 12.0. The van der Waals surface area contributed by atoms with E-state index in [1.165, 1.54) is 11.3 Å². The molecule has 3 rings (SSSR count). The summed E-state index contributed by atoms with van der Waals surface area (Å²) in [4.78, 5) is 28.5. The largest absolute Gasteiger partial charge is 0.361 e. The molecule has 0 bridgehead atoms. The van der Waals surface area contributed by atoms with Gasteiger partial charge in [0.1, 0.15) is 5.76 Å². The summed E-state index contributed by atoms with van der Waals surface area (Å²) in [7, 11) is 0. The number of anilines is 1. The van der Waals surface area contributed by atoms with Crippen LogP contribution in [0.3, 0.4) is 0 Å². The summed E-state index contributed by atoms with van der Waals surface area (Å²) in [5.41, 5.74) is 0.991. The Hall–Kier alpha value is -2.02. The summed E-state index contributed by atoms with van der Waals surface area (Å²) >= 11 is 1.22. The number of nitrogens with one attached hydrogen (secondary N) is 1. The summed E-state index contributed by atoms with van der Waals surface area (Å²) in [6, 6.07) is 1.55. The Kier molecular flexibility index (Phi) is 2.90. The molecule has 0 unspecified atom stereocenters. The fourth-order valence-electron chi connectivity index (χ4n) is 1.96. The first-order valence-corrected chi connectivity index (χ1v) is 6.72. The molecule has 2 aromatic rings. The van der Waals surface area contributed by atoms with Crippen LogP contribution in [-0.2, 0) is 6.42 Å². The highest BCUT2D eigenvalue weighted by molar-refractivity contribution is 7.17. The third-order valence-corrected chi connectivity index (χ3v) is 3.90. The zero-order chi connectivity index (χ0) is 13.4. The van der Waals surface area contributed by atoms with Gasteiger partial charge in [0.05, 0.1) is 10.6 Å². The van der Waals surface area contributed by atoms with Gasteiger partial charge in [-0.15, -0.1) is 0 Å². The van der Waals surface area contributed by atoms with Crippen LogP contribution in [0.2, 0.25) is 0 Å². The maximum atomic E-state index is 11.9. The van der Waals surface area contributed by atoms with Crippen molar-refractivity contribution in [3.63, 3.8) is 0 Å². The predicted octanol–water partition coefficient (Wildman–Crippen LogP) is 2.21. The number of aryl methyl sites for hydroxylation is 2. The summed E-state index contributed by atoms with van der Waals surface area (Å²) in [6.07, 6.45) is 2.17. The van der Waals surface area contributed by atoms with Crippen molar-refractivity contribution < 1.29 is 14.1 Å². The maximum absolute atomic E-state index is 11.9. The minimum absolute atomic E-state index is 0.108. The van der Waals surface area contributed by atoms with Crippen molar-refractivity contribution in [3.05, 3.63) is 28.1 Å². The molecule has 0 saturated carbocycles. The number of carbonyl (C=O) groups is 2. The highest BCUT2D eigenvalue weighted by Gasteiger charge is 2.23. The van der Waals surface area contributed by atoms with E-state index in [4.69, 9.17) is 4.52 Å². The Balaban J connectivity index is 1.80. The number of hydrogen-bond acceptors (Lipinski definition) is 6. The van der Waals surface area contributed by atoms with Crippen LogP contribution in [0.15, 0.2) is 10.6 Å². The topological polar surface area (TPSA) is 85.1 Å². The standard InChI is InChI=1S/C12H11N3O3S/c1-6-5-8(15-18-6)11(17)14-12-13-7-3-2-4-9(16)10(7)19-12/h5H,2-4H2,1H3,(H,13,14,17). The maximum Gasteiger partial charge on any atom is 0.279 e. The quantitative estimate of drug-likeness (QED) is 0.909. The Bertz CT molecular complexity index is 659. The van der Waals surface area contributed by atoms with E-state index < -0.39 is 0 Å². The summed E-state index contributed by atoms with van der Waals surface area (Å²) in [5, 5.41) is 6.71. The lowest BCUT2D eigenvalue weighted by Crippen LogP contribution is -2.12. The van der Waals surface area contributed by atoms with Crippen molar-refractivity contribution in [2.45, 2.75) is 26.2 Å². The van der Waals surface area contributed by atoms with Crippen LogP contribution in [0.5, 0.6) is 0 Å². The van der Waals surface area contributed by atoms with Crippen LogP contribution in [0, 0.1) is 6.92 Å². The van der Waals surface area contributed by atoms with E-state index in [1.54, 1.807) is 13.0 Å². The van der Waals surface area contributed by atoms with Gasteiger partial charge in [0, 0.05) is 12.5 Å². The second kappa shape index (κ2) is 4.58. The van der Waals surface area contributed by atoms with Gasteiger partial charge in [-0.05, 0) is 19.8 Å². The van der Waals surface area contributed by atoms with Crippen molar-refractivity contribution in [2.24, 2.45) is 0 Å². The third-order valence-electron chi connectivity index (χ3n) is 2.85. The molecule has 0 saturated heterocycles. The zero-order valence-corrected chi connectivity index (χ0v) is 11.0. The van der Waals surface area contributed by atoms with Crippen molar-refractivity contribution in [1.82, 2.24) is 10.1 Å². The molecule has 19 heavy (non-hydrogen) atoms. The number of thiazole rings is 1. The van der Waals surface area contributed by atoms with E-state index in [0.717, 1.165) is 18.5 Å². The molecule has 6 nitrogen and oxygen atoms in total. The van der Waals surface area contributed by atoms with E-state index in [-0.39, 0.29) is 17.4 Å². The number of hydrogen-bond donors (Lipinski definition) is 1. The second-order valence-corrected chi connectivity index (χ2v) is 5.35. The number of amides is 1. The summed E-state index contributed by atoms with van der Waals surface area (Å²) < 4.78 is 4.84. The van der Waals surface area contributed by atoms with Crippen molar-refractivity contribution >= 4 is 28.2 Å². The molecule has 1 amide bonds. The van der Waals surface area contributed by atoms with Crippen LogP contribution < -0.4 is 5.32 Å². The molecule has 1 aliphatic rings. The van der Waals surface area contributed by atoms with Gasteiger partial charge in [0.25, 0.3) is 5.91 Å². The molecule has 98 valence electrons. The van der Waals surface area contributed by atoms with Gasteiger partial charge in [-0.2, -0.15) is 0 Å². The number of fused-ring (bicyclic) bond motifs is 1. The number of Topliss-reactive ketones (excluding diaryl/α,β-unsaturated/α-hetero) is 1. The van der Waals surface area contributed by atoms with Gasteiger partial charge >= 0.3 is 0 Å². The molecule has 1 N–H and O–H groups in total. The smallest absolute Gasteiger partial charge is 0.279 e. The van der Waals surface area contributed by atoms with Gasteiger partial charge in [-0.1, -0.05) is 16.5 Å². The zero-order valence-electron chi connectivity index (χ0n) is 10.2. The number of ketones is 1. The molecular formula is C12H11N3O3S. The van der Waals surface area contributed by atoms with E-state index >= 15 is 0 Å².